The monoisotopic (exact) mass is 664 g/mol. The average Bonchev–Trinajstić information content (AvgIpc) is 2.97. The minimum atomic E-state index is -1.49. The summed E-state index contributed by atoms with van der Waals surface area (Å²) in [7, 11) is 0. The first-order valence-corrected chi connectivity index (χ1v) is 15.9. The van der Waals surface area contributed by atoms with Gasteiger partial charge in [-0.2, -0.15) is 0 Å². The maximum absolute atomic E-state index is 13.7. The molecule has 2 bridgehead atoms. The molecule has 0 aliphatic heterocycles. The van der Waals surface area contributed by atoms with Crippen molar-refractivity contribution in [3.8, 4) is 0 Å². The van der Waals surface area contributed by atoms with Crippen LogP contribution >= 0.6 is 0 Å². The van der Waals surface area contributed by atoms with E-state index in [-0.39, 0.29) is 18.6 Å². The summed E-state index contributed by atoms with van der Waals surface area (Å²) in [5.41, 5.74) is -0.644. The maximum Gasteiger partial charge on any atom is 0.331 e. The molecule has 2 saturated carbocycles. The van der Waals surface area contributed by atoms with Crippen LogP contribution in [0.5, 0.6) is 0 Å². The van der Waals surface area contributed by atoms with Gasteiger partial charge in [0.25, 0.3) is 0 Å². The van der Waals surface area contributed by atoms with Crippen molar-refractivity contribution in [1.29, 1.82) is 0 Å². The summed E-state index contributed by atoms with van der Waals surface area (Å²) in [5, 5.41) is 0. The lowest BCUT2D eigenvalue weighted by atomic mass is 9.48. The Kier molecular flexibility index (Phi) is 10.5. The molecule has 0 aromatic heterocycles. The summed E-state index contributed by atoms with van der Waals surface area (Å²) in [6, 6.07) is 9.12. The van der Waals surface area contributed by atoms with E-state index in [1.165, 1.54) is 33.8 Å². The number of carbonyl (C=O) groups is 6. The molecule has 0 heterocycles. The van der Waals surface area contributed by atoms with Crippen LogP contribution in [-0.2, 0) is 52.5 Å². The fourth-order valence-electron chi connectivity index (χ4n) is 8.00. The number of rotatable bonds is 7. The highest BCUT2D eigenvalue weighted by atomic mass is 16.6. The van der Waals surface area contributed by atoms with Gasteiger partial charge in [-0.05, 0) is 40.7 Å². The Morgan fingerprint density at radius 1 is 0.833 bits per heavy atom. The summed E-state index contributed by atoms with van der Waals surface area (Å²) in [4.78, 5) is 78.0. The van der Waals surface area contributed by atoms with E-state index in [2.05, 4.69) is 6.58 Å². The van der Waals surface area contributed by atoms with Gasteiger partial charge in [0.1, 0.15) is 18.3 Å². The Bertz CT molecular complexity index is 1570. The van der Waals surface area contributed by atoms with E-state index in [1.54, 1.807) is 19.9 Å². The molecule has 0 N–H and O–H groups in total. The van der Waals surface area contributed by atoms with Gasteiger partial charge in [0.05, 0.1) is 5.41 Å². The van der Waals surface area contributed by atoms with Gasteiger partial charge in [-0.1, -0.05) is 57.7 Å². The van der Waals surface area contributed by atoms with E-state index in [0.29, 0.717) is 16.7 Å². The van der Waals surface area contributed by atoms with Crippen molar-refractivity contribution in [1.82, 2.24) is 0 Å². The number of carbonyl (C=O) groups excluding carboxylic acids is 6. The lowest BCUT2D eigenvalue weighted by Gasteiger charge is -2.60. The fraction of sp³-hybridized carbons (Fsp3) is 0.514. The number of hydrogen-bond donors (Lipinski definition) is 0. The molecule has 4 rings (SSSR count). The molecule has 1 aromatic carbocycles. The van der Waals surface area contributed by atoms with Gasteiger partial charge in [-0.25, -0.2) is 4.79 Å². The first kappa shape index (κ1) is 36.3. The molecule has 48 heavy (non-hydrogen) atoms. The molecule has 1 aromatic rings. The van der Waals surface area contributed by atoms with Crippen LogP contribution in [0.3, 0.4) is 0 Å². The van der Waals surface area contributed by atoms with E-state index in [1.807, 2.05) is 44.2 Å². The number of allylic oxidation sites excluding steroid dienone is 1. The van der Waals surface area contributed by atoms with Gasteiger partial charge in [-0.3, -0.25) is 24.0 Å². The smallest absolute Gasteiger partial charge is 0.331 e. The molecule has 0 radical (unpaired) electrons. The number of esters is 5. The SMILES string of the molecule is C=C1[C@@H](OC(=O)/C=C/c2ccccc2)C[C@H](OC(C)=O)[C@@]2(C)[C@@H](OC(C)=O)[C@H](OC(C)=O)C3=C(C)C(=O)CC([C@@H](OC(C)=O)[C@H]12)C3(C)C. The first-order chi connectivity index (χ1) is 22.4. The molecule has 0 saturated heterocycles. The van der Waals surface area contributed by atoms with Crippen LogP contribution in [0.15, 0.2) is 59.7 Å². The summed E-state index contributed by atoms with van der Waals surface area (Å²) in [6.07, 6.45) is -3.23. The molecule has 11 nitrogen and oxygen atoms in total. The minimum Gasteiger partial charge on any atom is -0.462 e. The van der Waals surface area contributed by atoms with Gasteiger partial charge in [0, 0.05) is 58.4 Å². The van der Waals surface area contributed by atoms with E-state index in [0.717, 1.165) is 5.56 Å². The van der Waals surface area contributed by atoms with Gasteiger partial charge < -0.3 is 23.7 Å². The lowest BCUT2D eigenvalue weighted by molar-refractivity contribution is -0.228. The molecule has 3 aliphatic carbocycles. The van der Waals surface area contributed by atoms with Crippen LogP contribution in [0.1, 0.15) is 73.8 Å². The Morgan fingerprint density at radius 3 is 1.98 bits per heavy atom. The molecule has 8 atom stereocenters. The largest absolute Gasteiger partial charge is 0.462 e. The van der Waals surface area contributed by atoms with Crippen LogP contribution in [0, 0.1) is 22.7 Å². The third kappa shape index (κ3) is 7.00. The molecule has 258 valence electrons. The highest BCUT2D eigenvalue weighted by Gasteiger charge is 2.68. The van der Waals surface area contributed by atoms with Crippen LogP contribution in [0.4, 0.5) is 0 Å². The van der Waals surface area contributed by atoms with E-state index < -0.39 is 83.0 Å². The zero-order valence-corrected chi connectivity index (χ0v) is 28.7. The van der Waals surface area contributed by atoms with Gasteiger partial charge >= 0.3 is 29.8 Å². The topological polar surface area (TPSA) is 149 Å². The molecular formula is C37H44O11. The Balaban J connectivity index is 1.98. The van der Waals surface area contributed by atoms with Gasteiger partial charge in [0.2, 0.25) is 0 Å². The molecule has 0 amide bonds. The highest BCUT2D eigenvalue weighted by molar-refractivity contribution is 5.97. The van der Waals surface area contributed by atoms with Crippen molar-refractivity contribution in [2.24, 2.45) is 22.7 Å². The van der Waals surface area contributed by atoms with Crippen molar-refractivity contribution in [3.63, 3.8) is 0 Å². The van der Waals surface area contributed by atoms with E-state index in [9.17, 15) is 28.8 Å². The molecule has 11 heteroatoms. The summed E-state index contributed by atoms with van der Waals surface area (Å²) in [6.45, 7) is 16.2. The standard InChI is InChI=1S/C37H44O11/c1-19-27(42)17-26-33(45-22(4)39)32-20(2)28(48-30(43)16-15-25-13-11-10-12-14-25)18-29(44-21(3)38)37(32,9)35(47-24(6)41)34(46-23(5)40)31(19)36(26,7)8/h10-16,26,28-29,32-35H,2,17-18H2,1,3-9H3/b16-15+/t26?,28-,29-,32-,33+,34+,35-,37+/m0/s1. The van der Waals surface area contributed by atoms with Crippen molar-refractivity contribution >= 4 is 41.7 Å². The van der Waals surface area contributed by atoms with Crippen LogP contribution < -0.4 is 0 Å². The maximum atomic E-state index is 13.7. The second-order valence-electron chi connectivity index (χ2n) is 13.6. The summed E-state index contributed by atoms with van der Waals surface area (Å²) < 4.78 is 30.0. The second kappa shape index (κ2) is 13.9. The molecule has 1 unspecified atom stereocenters. The number of fused-ring (bicyclic) bond motifs is 3. The van der Waals surface area contributed by atoms with Crippen LogP contribution in [-0.4, -0.2) is 66.1 Å². The third-order valence-corrected chi connectivity index (χ3v) is 10.0. The van der Waals surface area contributed by atoms with Crippen molar-refractivity contribution in [3.05, 3.63) is 65.3 Å². The highest BCUT2D eigenvalue weighted by Crippen LogP contribution is 2.61. The van der Waals surface area contributed by atoms with E-state index >= 15 is 0 Å². The zero-order chi connectivity index (χ0) is 35.7. The van der Waals surface area contributed by atoms with Crippen molar-refractivity contribution in [2.75, 3.05) is 0 Å². The number of ether oxygens (including phenoxy) is 5. The Morgan fingerprint density at radius 2 is 1.42 bits per heavy atom. The van der Waals surface area contributed by atoms with Gasteiger partial charge in [0.15, 0.2) is 18.0 Å². The first-order valence-electron chi connectivity index (χ1n) is 15.9. The summed E-state index contributed by atoms with van der Waals surface area (Å²) in [5.74, 6) is -5.45. The van der Waals surface area contributed by atoms with Crippen molar-refractivity contribution in [2.45, 2.75) is 98.8 Å². The van der Waals surface area contributed by atoms with Crippen molar-refractivity contribution < 1.29 is 52.5 Å². The van der Waals surface area contributed by atoms with Gasteiger partial charge in [-0.15, -0.1) is 0 Å². The zero-order valence-electron chi connectivity index (χ0n) is 28.7. The third-order valence-electron chi connectivity index (χ3n) is 10.0. The normalized spacial score (nSPS) is 31.1. The lowest BCUT2D eigenvalue weighted by Crippen LogP contribution is -2.68. The number of ketones is 1. The predicted molar refractivity (Wildman–Crippen MR) is 173 cm³/mol. The molecule has 0 spiro atoms. The number of benzene rings is 1. The average molecular weight is 665 g/mol. The quantitative estimate of drug-likeness (QED) is 0.170. The number of Topliss-reactive ketones (excluding diaryl/α,β-unsaturated/α-hetero) is 1. The van der Waals surface area contributed by atoms with E-state index in [4.69, 9.17) is 23.7 Å². The minimum absolute atomic E-state index is 0.0341. The number of hydrogen-bond acceptors (Lipinski definition) is 11. The predicted octanol–water partition coefficient (Wildman–Crippen LogP) is 4.87. The fourth-order valence-corrected chi connectivity index (χ4v) is 8.00. The Labute approximate surface area is 280 Å². The Hall–Kier alpha value is -4.54. The molecular weight excluding hydrogens is 620 g/mol. The second-order valence-corrected chi connectivity index (χ2v) is 13.6. The van der Waals surface area contributed by atoms with Crippen LogP contribution in [0.25, 0.3) is 6.08 Å². The molecule has 2 fully saturated rings. The molecule has 3 aliphatic rings. The summed E-state index contributed by atoms with van der Waals surface area (Å²) >= 11 is 0. The van der Waals surface area contributed by atoms with Crippen LogP contribution in [0.2, 0.25) is 0 Å².